The second-order valence-corrected chi connectivity index (χ2v) is 11.2. The molecule has 4 rings (SSSR count). The fourth-order valence-electron chi connectivity index (χ4n) is 5.01. The quantitative estimate of drug-likeness (QED) is 0.406. The number of aliphatic hydroxyl groups excluding tert-OH is 1. The molecule has 1 saturated heterocycles. The van der Waals surface area contributed by atoms with Gasteiger partial charge in [0.05, 0.1) is 32.4 Å². The molecule has 40 heavy (non-hydrogen) atoms. The average Bonchev–Trinajstić information content (AvgIpc) is 3.24. The van der Waals surface area contributed by atoms with Gasteiger partial charge in [0.25, 0.3) is 5.91 Å². The highest BCUT2D eigenvalue weighted by molar-refractivity contribution is 6.01. The Morgan fingerprint density at radius 1 is 1.15 bits per heavy atom. The Hall–Kier alpha value is -3.47. The topological polar surface area (TPSA) is 132 Å². The number of fused-ring (bicyclic) bond motifs is 1. The normalized spacial score (nSPS) is 18.4. The molecule has 2 aliphatic rings. The van der Waals surface area contributed by atoms with E-state index >= 15 is 0 Å². The first-order valence-corrected chi connectivity index (χ1v) is 13.6. The van der Waals surface area contributed by atoms with E-state index in [1.165, 1.54) is 4.90 Å². The number of ether oxygens (including phenoxy) is 3. The zero-order valence-electron chi connectivity index (χ0n) is 23.4. The number of morpholine rings is 1. The number of primary amides is 1. The van der Waals surface area contributed by atoms with E-state index in [9.17, 15) is 19.5 Å². The molecule has 2 aliphatic heterocycles. The summed E-state index contributed by atoms with van der Waals surface area (Å²) in [4.78, 5) is 41.3. The number of hydrogen-bond acceptors (Lipinski definition) is 8. The highest BCUT2D eigenvalue weighted by atomic mass is 16.6. The lowest BCUT2D eigenvalue weighted by Gasteiger charge is -2.34. The van der Waals surface area contributed by atoms with Gasteiger partial charge in [-0.05, 0) is 50.5 Å². The lowest BCUT2D eigenvalue weighted by atomic mass is 10.1. The summed E-state index contributed by atoms with van der Waals surface area (Å²) in [7, 11) is 0. The molecule has 3 N–H and O–H groups in total. The molecule has 0 aliphatic carbocycles. The maximum absolute atomic E-state index is 13.2. The van der Waals surface area contributed by atoms with Gasteiger partial charge >= 0.3 is 5.97 Å². The minimum atomic E-state index is -0.940. The summed E-state index contributed by atoms with van der Waals surface area (Å²) in [5.41, 5.74) is 8.26. The van der Waals surface area contributed by atoms with Crippen molar-refractivity contribution in [3.05, 3.63) is 64.7 Å². The van der Waals surface area contributed by atoms with Crippen LogP contribution in [-0.4, -0.2) is 76.7 Å². The number of aliphatic hydroxyl groups is 1. The molecule has 0 radical (unpaired) electrons. The third-order valence-corrected chi connectivity index (χ3v) is 7.06. The van der Waals surface area contributed by atoms with E-state index in [-0.39, 0.29) is 37.9 Å². The van der Waals surface area contributed by atoms with E-state index < -0.39 is 23.5 Å². The van der Waals surface area contributed by atoms with Crippen LogP contribution in [0.5, 0.6) is 5.75 Å². The molecule has 2 heterocycles. The second kappa shape index (κ2) is 12.8. The van der Waals surface area contributed by atoms with Crippen molar-refractivity contribution in [2.24, 2.45) is 5.73 Å². The van der Waals surface area contributed by atoms with Crippen molar-refractivity contribution in [3.63, 3.8) is 0 Å². The van der Waals surface area contributed by atoms with E-state index in [1.807, 2.05) is 24.3 Å². The number of esters is 1. The minimum Gasteiger partial charge on any atom is -0.489 e. The number of amides is 2. The average molecular weight is 554 g/mol. The van der Waals surface area contributed by atoms with Crippen LogP contribution in [0.15, 0.2) is 42.5 Å². The first kappa shape index (κ1) is 29.5. The molecule has 0 spiro atoms. The summed E-state index contributed by atoms with van der Waals surface area (Å²) in [5.74, 6) is -0.875. The van der Waals surface area contributed by atoms with Crippen molar-refractivity contribution < 1.29 is 33.7 Å². The van der Waals surface area contributed by atoms with Gasteiger partial charge in [-0.15, -0.1) is 0 Å². The third kappa shape index (κ3) is 7.38. The Morgan fingerprint density at radius 2 is 1.88 bits per heavy atom. The Morgan fingerprint density at radius 3 is 2.55 bits per heavy atom. The van der Waals surface area contributed by atoms with Crippen molar-refractivity contribution in [2.75, 3.05) is 26.4 Å². The highest BCUT2D eigenvalue weighted by Gasteiger charge is 2.37. The van der Waals surface area contributed by atoms with Gasteiger partial charge in [-0.2, -0.15) is 0 Å². The molecule has 2 amide bonds. The molecular formula is C30H39N3O7. The highest BCUT2D eigenvalue weighted by Crippen LogP contribution is 2.33. The fraction of sp³-hybridized carbons (Fsp3) is 0.500. The summed E-state index contributed by atoms with van der Waals surface area (Å²) in [5, 5.41) is 9.60. The maximum atomic E-state index is 13.2. The summed E-state index contributed by atoms with van der Waals surface area (Å²) >= 11 is 0. The number of hydrogen-bond donors (Lipinski definition) is 2. The lowest BCUT2D eigenvalue weighted by molar-refractivity contribution is -0.155. The van der Waals surface area contributed by atoms with Crippen LogP contribution in [0.2, 0.25) is 0 Å². The zero-order valence-corrected chi connectivity index (χ0v) is 23.4. The smallest absolute Gasteiger partial charge is 0.306 e. The molecule has 216 valence electrons. The molecule has 10 heteroatoms. The van der Waals surface area contributed by atoms with Gasteiger partial charge in [0, 0.05) is 30.6 Å². The molecule has 0 saturated carbocycles. The van der Waals surface area contributed by atoms with E-state index in [4.69, 9.17) is 19.9 Å². The second-order valence-electron chi connectivity index (χ2n) is 11.2. The molecule has 2 aromatic carbocycles. The fourth-order valence-corrected chi connectivity index (χ4v) is 5.01. The number of nitrogens with zero attached hydrogens (tertiary/aromatic N) is 2. The van der Waals surface area contributed by atoms with Crippen LogP contribution in [-0.2, 0) is 38.8 Å². The Labute approximate surface area is 235 Å². The Bertz CT molecular complexity index is 1210. The van der Waals surface area contributed by atoms with Crippen LogP contribution >= 0.6 is 0 Å². The molecule has 0 aromatic heterocycles. The van der Waals surface area contributed by atoms with Crippen molar-refractivity contribution in [1.82, 2.24) is 9.80 Å². The number of carbonyl (C=O) groups excluding carboxylic acids is 3. The number of benzene rings is 2. The summed E-state index contributed by atoms with van der Waals surface area (Å²) in [6, 6.07) is 12.4. The largest absolute Gasteiger partial charge is 0.489 e. The van der Waals surface area contributed by atoms with Crippen molar-refractivity contribution in [2.45, 2.75) is 71.0 Å². The van der Waals surface area contributed by atoms with E-state index in [1.54, 1.807) is 39.0 Å². The first-order chi connectivity index (χ1) is 19.1. The monoisotopic (exact) mass is 553 g/mol. The van der Waals surface area contributed by atoms with Gasteiger partial charge in [0.2, 0.25) is 5.91 Å². The van der Waals surface area contributed by atoms with Crippen LogP contribution in [0, 0.1) is 0 Å². The van der Waals surface area contributed by atoms with Gasteiger partial charge in [-0.3, -0.25) is 19.3 Å². The molecule has 0 bridgehead atoms. The van der Waals surface area contributed by atoms with Crippen LogP contribution in [0.1, 0.15) is 60.7 Å². The molecule has 10 nitrogen and oxygen atoms in total. The number of rotatable bonds is 11. The van der Waals surface area contributed by atoms with E-state index in [2.05, 4.69) is 4.90 Å². The van der Waals surface area contributed by atoms with Gasteiger partial charge in [-0.1, -0.05) is 30.3 Å². The number of nitrogens with two attached hydrogens (primary N) is 1. The van der Waals surface area contributed by atoms with Gasteiger partial charge < -0.3 is 30.0 Å². The van der Waals surface area contributed by atoms with Crippen LogP contribution in [0.3, 0.4) is 0 Å². The molecule has 1 unspecified atom stereocenters. The molecule has 2 atom stereocenters. The summed E-state index contributed by atoms with van der Waals surface area (Å²) in [6.45, 7) is 8.55. The molecular weight excluding hydrogens is 514 g/mol. The van der Waals surface area contributed by atoms with Crippen LogP contribution in [0.4, 0.5) is 0 Å². The summed E-state index contributed by atoms with van der Waals surface area (Å²) in [6.07, 6.45) is 0.0482. The first-order valence-electron chi connectivity index (χ1n) is 13.6. The number of carbonyl (C=O) groups is 3. The maximum Gasteiger partial charge on any atom is 0.306 e. The van der Waals surface area contributed by atoms with Crippen molar-refractivity contribution in [3.8, 4) is 5.75 Å². The zero-order chi connectivity index (χ0) is 28.9. The van der Waals surface area contributed by atoms with Gasteiger partial charge in [0.15, 0.2) is 0 Å². The van der Waals surface area contributed by atoms with Crippen LogP contribution < -0.4 is 10.5 Å². The minimum absolute atomic E-state index is 0.00526. The van der Waals surface area contributed by atoms with Crippen molar-refractivity contribution in [1.29, 1.82) is 0 Å². The standard InChI is InChI=1S/C30H39N3O7/c1-30(2,3)40-27(35)12-11-25(28(31)36)33-16-24-23(29(33)37)5-4-6-26(24)39-18-21-9-7-20(8-10-21)15-32-13-14-38-19-22(32)17-34/h4-10,22,25,34H,11-19H2,1-3H3,(H2,31,36)/t22?,25-/m0/s1. The SMILES string of the molecule is CC(C)(C)OC(=O)CC[C@@H](C(N)=O)N1Cc2c(OCc3ccc(CN4CCOCC4CO)cc3)cccc2C1=O. The summed E-state index contributed by atoms with van der Waals surface area (Å²) < 4.78 is 16.9. The van der Waals surface area contributed by atoms with E-state index in [0.29, 0.717) is 36.7 Å². The van der Waals surface area contributed by atoms with Gasteiger partial charge in [-0.25, -0.2) is 0 Å². The predicted molar refractivity (Wildman–Crippen MR) is 147 cm³/mol. The molecule has 2 aromatic rings. The van der Waals surface area contributed by atoms with Crippen molar-refractivity contribution >= 4 is 17.8 Å². The van der Waals surface area contributed by atoms with E-state index in [0.717, 1.165) is 24.2 Å². The predicted octanol–water partition coefficient (Wildman–Crippen LogP) is 2.39. The molecule has 1 fully saturated rings. The third-order valence-electron chi connectivity index (χ3n) is 7.06. The van der Waals surface area contributed by atoms with Gasteiger partial charge in [0.1, 0.15) is 24.0 Å². The lowest BCUT2D eigenvalue weighted by Crippen LogP contribution is -2.46. The van der Waals surface area contributed by atoms with Crippen LogP contribution in [0.25, 0.3) is 0 Å². The Balaban J connectivity index is 1.38. The Kier molecular flexibility index (Phi) is 9.44.